The number of para-hydroxylation sites is 2. The van der Waals surface area contributed by atoms with Crippen LogP contribution in [0.4, 0.5) is 5.69 Å². The number of benzene rings is 2. The molecule has 0 heterocycles. The van der Waals surface area contributed by atoms with Crippen LogP contribution >= 0.6 is 0 Å². The Morgan fingerprint density at radius 3 is 2.00 bits per heavy atom. The van der Waals surface area contributed by atoms with Gasteiger partial charge >= 0.3 is 5.97 Å². The third kappa shape index (κ3) is 4.64. The predicted octanol–water partition coefficient (Wildman–Crippen LogP) is 2.91. The van der Waals surface area contributed by atoms with Gasteiger partial charge in [-0.3, -0.25) is 4.79 Å². The molecule has 0 spiro atoms. The SMILES string of the molecule is COc1ccccc1NC(=O)[C@@H](C)OC(=O)c1cc(OC)c(OC)cc1OC. The molecule has 2 rings (SSSR count). The molecule has 0 aromatic heterocycles. The highest BCUT2D eigenvalue weighted by atomic mass is 16.6. The van der Waals surface area contributed by atoms with Crippen LogP contribution in [0.1, 0.15) is 17.3 Å². The van der Waals surface area contributed by atoms with E-state index in [1.807, 2.05) is 0 Å². The van der Waals surface area contributed by atoms with Crippen LogP contribution in [0.25, 0.3) is 0 Å². The second kappa shape index (κ2) is 9.50. The van der Waals surface area contributed by atoms with Gasteiger partial charge < -0.3 is 29.0 Å². The molecule has 8 heteroatoms. The quantitative estimate of drug-likeness (QED) is 0.694. The van der Waals surface area contributed by atoms with Crippen LogP contribution in [-0.2, 0) is 9.53 Å². The van der Waals surface area contributed by atoms with Crippen molar-refractivity contribution in [3.63, 3.8) is 0 Å². The standard InChI is InChI=1S/C20H23NO7/c1-12(19(22)21-14-8-6-7-9-15(14)24-2)28-20(23)13-10-17(26-4)18(27-5)11-16(13)25-3/h6-12H,1-5H3,(H,21,22)/t12-/m1/s1. The number of ether oxygens (including phenoxy) is 5. The summed E-state index contributed by atoms with van der Waals surface area (Å²) in [5.41, 5.74) is 0.582. The Morgan fingerprint density at radius 1 is 0.821 bits per heavy atom. The Balaban J connectivity index is 2.16. The number of nitrogens with one attached hydrogen (secondary N) is 1. The number of carbonyl (C=O) groups excluding carboxylic acids is 2. The van der Waals surface area contributed by atoms with Gasteiger partial charge in [0, 0.05) is 12.1 Å². The van der Waals surface area contributed by atoms with Gasteiger partial charge in [0.05, 0.1) is 34.1 Å². The van der Waals surface area contributed by atoms with Gasteiger partial charge in [0.2, 0.25) is 0 Å². The molecule has 0 unspecified atom stereocenters. The van der Waals surface area contributed by atoms with E-state index in [2.05, 4.69) is 5.32 Å². The maximum Gasteiger partial charge on any atom is 0.342 e. The monoisotopic (exact) mass is 389 g/mol. The molecule has 1 atom stereocenters. The predicted molar refractivity (Wildman–Crippen MR) is 103 cm³/mol. The molecule has 1 amide bonds. The lowest BCUT2D eigenvalue weighted by atomic mass is 10.1. The molecule has 0 bridgehead atoms. The van der Waals surface area contributed by atoms with Crippen molar-refractivity contribution >= 4 is 17.6 Å². The Hall–Kier alpha value is -3.42. The zero-order valence-electron chi connectivity index (χ0n) is 16.4. The highest BCUT2D eigenvalue weighted by Crippen LogP contribution is 2.35. The maximum absolute atomic E-state index is 12.6. The van der Waals surface area contributed by atoms with E-state index in [0.29, 0.717) is 22.9 Å². The number of esters is 1. The molecule has 0 saturated heterocycles. The minimum Gasteiger partial charge on any atom is -0.496 e. The van der Waals surface area contributed by atoms with Gasteiger partial charge in [-0.05, 0) is 19.1 Å². The van der Waals surface area contributed by atoms with Gasteiger partial charge in [-0.2, -0.15) is 0 Å². The van der Waals surface area contributed by atoms with Crippen LogP contribution < -0.4 is 24.3 Å². The average Bonchev–Trinajstić information content (AvgIpc) is 2.72. The zero-order valence-corrected chi connectivity index (χ0v) is 16.4. The molecule has 0 fully saturated rings. The Kier molecular flexibility index (Phi) is 7.08. The molecule has 0 aliphatic carbocycles. The molecule has 0 saturated carbocycles. The lowest BCUT2D eigenvalue weighted by molar-refractivity contribution is -0.123. The number of rotatable bonds is 8. The number of anilines is 1. The van der Waals surface area contributed by atoms with Crippen molar-refractivity contribution in [2.24, 2.45) is 0 Å². The van der Waals surface area contributed by atoms with Crippen LogP contribution in [0.5, 0.6) is 23.0 Å². The van der Waals surface area contributed by atoms with Crippen molar-refractivity contribution in [3.05, 3.63) is 42.0 Å². The van der Waals surface area contributed by atoms with Crippen LogP contribution in [0.15, 0.2) is 36.4 Å². The van der Waals surface area contributed by atoms with Gasteiger partial charge in [0.1, 0.15) is 17.1 Å². The first-order valence-electron chi connectivity index (χ1n) is 8.40. The van der Waals surface area contributed by atoms with Crippen LogP contribution in [0.2, 0.25) is 0 Å². The molecule has 0 aliphatic heterocycles. The van der Waals surface area contributed by atoms with Gasteiger partial charge in [-0.1, -0.05) is 12.1 Å². The summed E-state index contributed by atoms with van der Waals surface area (Å²) in [4.78, 5) is 25.0. The zero-order chi connectivity index (χ0) is 20.7. The van der Waals surface area contributed by atoms with Crippen molar-refractivity contribution in [2.45, 2.75) is 13.0 Å². The smallest absolute Gasteiger partial charge is 0.342 e. The first-order valence-corrected chi connectivity index (χ1v) is 8.40. The summed E-state index contributed by atoms with van der Waals surface area (Å²) in [6.45, 7) is 1.47. The van der Waals surface area contributed by atoms with E-state index >= 15 is 0 Å². The first-order chi connectivity index (χ1) is 13.4. The van der Waals surface area contributed by atoms with E-state index in [9.17, 15) is 9.59 Å². The minimum atomic E-state index is -1.06. The summed E-state index contributed by atoms with van der Waals surface area (Å²) in [7, 11) is 5.83. The normalized spacial score (nSPS) is 11.2. The minimum absolute atomic E-state index is 0.108. The maximum atomic E-state index is 12.6. The summed E-state index contributed by atoms with van der Waals surface area (Å²) in [6.07, 6.45) is -1.06. The second-order valence-corrected chi connectivity index (χ2v) is 5.64. The highest BCUT2D eigenvalue weighted by Gasteiger charge is 2.24. The Bertz CT molecular complexity index is 850. The highest BCUT2D eigenvalue weighted by molar-refractivity contribution is 5.99. The summed E-state index contributed by atoms with van der Waals surface area (Å²) >= 11 is 0. The fraction of sp³-hybridized carbons (Fsp3) is 0.300. The number of hydrogen-bond acceptors (Lipinski definition) is 7. The first kappa shape index (κ1) is 20.9. The molecule has 1 N–H and O–H groups in total. The van der Waals surface area contributed by atoms with Crippen LogP contribution in [0, 0.1) is 0 Å². The van der Waals surface area contributed by atoms with Gasteiger partial charge in [-0.25, -0.2) is 4.79 Å². The van der Waals surface area contributed by atoms with Gasteiger partial charge in [0.25, 0.3) is 5.91 Å². The molecule has 2 aromatic carbocycles. The lowest BCUT2D eigenvalue weighted by Crippen LogP contribution is -2.30. The summed E-state index contributed by atoms with van der Waals surface area (Å²) in [5, 5.41) is 2.67. The molecule has 150 valence electrons. The topological polar surface area (TPSA) is 92.3 Å². The van der Waals surface area contributed by atoms with E-state index < -0.39 is 18.0 Å². The van der Waals surface area contributed by atoms with E-state index in [1.54, 1.807) is 24.3 Å². The van der Waals surface area contributed by atoms with Crippen molar-refractivity contribution in [1.29, 1.82) is 0 Å². The molecule has 0 radical (unpaired) electrons. The molecule has 28 heavy (non-hydrogen) atoms. The van der Waals surface area contributed by atoms with Crippen LogP contribution in [0.3, 0.4) is 0 Å². The summed E-state index contributed by atoms with van der Waals surface area (Å²) in [6, 6.07) is 9.87. The van der Waals surface area contributed by atoms with Gasteiger partial charge in [-0.15, -0.1) is 0 Å². The number of methoxy groups -OCH3 is 4. The number of carbonyl (C=O) groups is 2. The van der Waals surface area contributed by atoms with E-state index in [1.165, 1.54) is 47.5 Å². The molecular weight excluding hydrogens is 366 g/mol. The fourth-order valence-electron chi connectivity index (χ4n) is 2.45. The Morgan fingerprint density at radius 2 is 1.39 bits per heavy atom. The molecular formula is C20H23NO7. The number of amides is 1. The second-order valence-electron chi connectivity index (χ2n) is 5.64. The van der Waals surface area contributed by atoms with E-state index in [0.717, 1.165) is 0 Å². The summed E-state index contributed by atoms with van der Waals surface area (Å²) in [5.74, 6) is 0.230. The molecule has 0 aliphatic rings. The molecule has 8 nitrogen and oxygen atoms in total. The van der Waals surface area contributed by atoms with Crippen LogP contribution in [-0.4, -0.2) is 46.4 Å². The molecule has 2 aromatic rings. The third-order valence-corrected chi connectivity index (χ3v) is 3.94. The Labute approximate surface area is 163 Å². The van der Waals surface area contributed by atoms with Crippen molar-refractivity contribution in [3.8, 4) is 23.0 Å². The van der Waals surface area contributed by atoms with E-state index in [4.69, 9.17) is 23.7 Å². The lowest BCUT2D eigenvalue weighted by Gasteiger charge is -2.17. The number of hydrogen-bond donors (Lipinski definition) is 1. The van der Waals surface area contributed by atoms with Crippen molar-refractivity contribution in [2.75, 3.05) is 33.8 Å². The van der Waals surface area contributed by atoms with Crippen molar-refractivity contribution < 1.29 is 33.3 Å². The van der Waals surface area contributed by atoms with Gasteiger partial charge in [0.15, 0.2) is 17.6 Å². The summed E-state index contributed by atoms with van der Waals surface area (Å²) < 4.78 is 26.1. The average molecular weight is 389 g/mol. The van der Waals surface area contributed by atoms with Crippen molar-refractivity contribution in [1.82, 2.24) is 0 Å². The largest absolute Gasteiger partial charge is 0.496 e. The van der Waals surface area contributed by atoms with E-state index in [-0.39, 0.29) is 11.3 Å². The fourth-order valence-corrected chi connectivity index (χ4v) is 2.45. The third-order valence-electron chi connectivity index (χ3n) is 3.94.